The van der Waals surface area contributed by atoms with Crippen molar-refractivity contribution in [3.05, 3.63) is 23.8 Å². The summed E-state index contributed by atoms with van der Waals surface area (Å²) in [5, 5.41) is 0.0499. The van der Waals surface area contributed by atoms with Gasteiger partial charge in [-0.3, -0.25) is 0 Å². The molecule has 1 aromatic carbocycles. The highest BCUT2D eigenvalue weighted by Gasteiger charge is 2.35. The van der Waals surface area contributed by atoms with Crippen LogP contribution in [0.1, 0.15) is 44.9 Å². The van der Waals surface area contributed by atoms with Gasteiger partial charge in [0, 0.05) is 19.2 Å². The van der Waals surface area contributed by atoms with E-state index in [1.807, 2.05) is 0 Å². The minimum atomic E-state index is -3.24. The number of hydrogen-bond acceptors (Lipinski definition) is 5. The second kappa shape index (κ2) is 7.60. The summed E-state index contributed by atoms with van der Waals surface area (Å²) in [6.07, 6.45) is 5.57. The third-order valence-electron chi connectivity index (χ3n) is 5.40. The lowest BCUT2D eigenvalue weighted by Crippen LogP contribution is -2.46. The molecule has 148 valence electrons. The molecule has 0 N–H and O–H groups in total. The molecule has 0 unspecified atom stereocenters. The predicted molar refractivity (Wildman–Crippen MR) is 101 cm³/mol. The Labute approximate surface area is 161 Å². The molecule has 1 aromatic heterocycles. The quantitative estimate of drug-likeness (QED) is 0.754. The predicted octanol–water partition coefficient (Wildman–Crippen LogP) is 4.08. The van der Waals surface area contributed by atoms with Gasteiger partial charge in [0.25, 0.3) is 5.19 Å². The molecular formula is C18H22F2N2O3S2. The van der Waals surface area contributed by atoms with E-state index in [1.54, 1.807) is 4.31 Å². The first-order chi connectivity index (χ1) is 12.9. The summed E-state index contributed by atoms with van der Waals surface area (Å²) in [7, 11) is -3.24. The van der Waals surface area contributed by atoms with Crippen molar-refractivity contribution in [3.8, 4) is 5.19 Å². The molecule has 2 fully saturated rings. The third kappa shape index (κ3) is 3.95. The molecule has 1 aliphatic heterocycles. The van der Waals surface area contributed by atoms with Gasteiger partial charge in [-0.15, -0.1) is 0 Å². The fraction of sp³-hybridized carbons (Fsp3) is 0.611. The van der Waals surface area contributed by atoms with Crippen LogP contribution in [-0.4, -0.2) is 42.2 Å². The van der Waals surface area contributed by atoms with Crippen molar-refractivity contribution in [3.63, 3.8) is 0 Å². The normalized spacial score (nSPS) is 21.0. The smallest absolute Gasteiger partial charge is 0.274 e. The monoisotopic (exact) mass is 416 g/mol. The number of piperidine rings is 1. The highest BCUT2D eigenvalue weighted by Crippen LogP contribution is 2.33. The van der Waals surface area contributed by atoms with Crippen LogP contribution in [0.3, 0.4) is 0 Å². The molecule has 0 spiro atoms. The molecule has 27 heavy (non-hydrogen) atoms. The van der Waals surface area contributed by atoms with Crippen LogP contribution in [0.2, 0.25) is 0 Å². The minimum absolute atomic E-state index is 0.105. The second-order valence-corrected chi connectivity index (χ2v) is 10.4. The number of benzene rings is 1. The van der Waals surface area contributed by atoms with Crippen molar-refractivity contribution in [2.24, 2.45) is 0 Å². The molecule has 4 rings (SSSR count). The zero-order valence-corrected chi connectivity index (χ0v) is 16.5. The third-order valence-corrected chi connectivity index (χ3v) is 8.69. The average molecular weight is 417 g/mol. The van der Waals surface area contributed by atoms with Crippen LogP contribution in [0.4, 0.5) is 8.78 Å². The fourth-order valence-electron chi connectivity index (χ4n) is 3.91. The molecule has 2 aromatic rings. The van der Waals surface area contributed by atoms with Crippen molar-refractivity contribution in [2.75, 3.05) is 13.1 Å². The summed E-state index contributed by atoms with van der Waals surface area (Å²) in [6.45, 7) is 0.856. The number of fused-ring (bicyclic) bond motifs is 1. The Balaban J connectivity index is 1.39. The van der Waals surface area contributed by atoms with Gasteiger partial charge in [-0.05, 0) is 31.7 Å². The Bertz CT molecular complexity index is 918. The fourth-order valence-corrected chi connectivity index (χ4v) is 6.90. The van der Waals surface area contributed by atoms with Crippen molar-refractivity contribution in [2.45, 2.75) is 56.3 Å². The van der Waals surface area contributed by atoms with E-state index in [0.29, 0.717) is 35.8 Å². The number of nitrogens with zero attached hydrogens (tertiary/aromatic N) is 2. The van der Waals surface area contributed by atoms with Gasteiger partial charge in [0.15, 0.2) is 5.82 Å². The first-order valence-corrected chi connectivity index (χ1v) is 11.7. The minimum Gasteiger partial charge on any atom is -0.467 e. The van der Waals surface area contributed by atoms with Gasteiger partial charge in [-0.25, -0.2) is 21.5 Å². The second-order valence-electron chi connectivity index (χ2n) is 7.24. The Morgan fingerprint density at radius 2 is 1.78 bits per heavy atom. The number of sulfonamides is 1. The summed E-state index contributed by atoms with van der Waals surface area (Å²) in [4.78, 5) is 4.11. The van der Waals surface area contributed by atoms with Gasteiger partial charge in [-0.2, -0.15) is 4.98 Å². The van der Waals surface area contributed by atoms with E-state index in [2.05, 4.69) is 4.98 Å². The number of rotatable bonds is 4. The van der Waals surface area contributed by atoms with Crippen LogP contribution in [0.15, 0.2) is 12.1 Å². The summed E-state index contributed by atoms with van der Waals surface area (Å²) in [5.41, 5.74) is 0.105. The topological polar surface area (TPSA) is 59.5 Å². The number of ether oxygens (including phenoxy) is 1. The number of halogens is 2. The number of aromatic nitrogens is 1. The van der Waals surface area contributed by atoms with Crippen LogP contribution >= 0.6 is 11.3 Å². The van der Waals surface area contributed by atoms with Crippen LogP contribution in [0.5, 0.6) is 5.19 Å². The van der Waals surface area contributed by atoms with Gasteiger partial charge in [0.05, 0.1) is 9.95 Å². The molecule has 9 heteroatoms. The molecule has 1 saturated heterocycles. The molecule has 0 radical (unpaired) electrons. The van der Waals surface area contributed by atoms with Crippen molar-refractivity contribution < 1.29 is 21.9 Å². The van der Waals surface area contributed by atoms with Gasteiger partial charge < -0.3 is 4.74 Å². The molecule has 0 bridgehead atoms. The lowest BCUT2D eigenvalue weighted by molar-refractivity contribution is 0.134. The standard InChI is InChI=1S/C18H22F2N2O3S2/c19-12-10-15(20)17-16(11-12)26-18(21-17)25-13-6-8-22(9-7-13)27(23,24)14-4-2-1-3-5-14/h10-11,13-14H,1-9H2. The maximum atomic E-state index is 13.8. The maximum absolute atomic E-state index is 13.8. The SMILES string of the molecule is O=S(=O)(C1CCCCC1)N1CCC(Oc2nc3c(F)cc(F)cc3s2)CC1. The summed E-state index contributed by atoms with van der Waals surface area (Å²) in [5.74, 6) is -1.35. The summed E-state index contributed by atoms with van der Waals surface area (Å²) < 4.78 is 60.5. The van der Waals surface area contributed by atoms with Crippen LogP contribution < -0.4 is 4.74 Å². The molecule has 0 atom stereocenters. The summed E-state index contributed by atoms with van der Waals surface area (Å²) >= 11 is 1.10. The number of thiazole rings is 1. The van der Waals surface area contributed by atoms with E-state index >= 15 is 0 Å². The van der Waals surface area contributed by atoms with Crippen LogP contribution in [-0.2, 0) is 10.0 Å². The Kier molecular flexibility index (Phi) is 5.35. The summed E-state index contributed by atoms with van der Waals surface area (Å²) in [6, 6.07) is 2.04. The van der Waals surface area contributed by atoms with Crippen LogP contribution in [0, 0.1) is 11.6 Å². The van der Waals surface area contributed by atoms with E-state index in [4.69, 9.17) is 4.74 Å². The zero-order chi connectivity index (χ0) is 19.0. The average Bonchev–Trinajstić information content (AvgIpc) is 3.05. The molecule has 2 heterocycles. The largest absolute Gasteiger partial charge is 0.467 e. The molecule has 2 aliphatic rings. The number of hydrogen-bond donors (Lipinski definition) is 0. The van der Waals surface area contributed by atoms with Gasteiger partial charge in [0.1, 0.15) is 17.4 Å². The molecule has 1 aliphatic carbocycles. The van der Waals surface area contributed by atoms with Crippen molar-refractivity contribution in [1.82, 2.24) is 9.29 Å². The maximum Gasteiger partial charge on any atom is 0.274 e. The van der Waals surface area contributed by atoms with E-state index in [9.17, 15) is 17.2 Å². The molecule has 5 nitrogen and oxygen atoms in total. The van der Waals surface area contributed by atoms with E-state index in [-0.39, 0.29) is 16.9 Å². The van der Waals surface area contributed by atoms with Gasteiger partial charge >= 0.3 is 0 Å². The van der Waals surface area contributed by atoms with Crippen LogP contribution in [0.25, 0.3) is 10.2 Å². The lowest BCUT2D eigenvalue weighted by Gasteiger charge is -2.34. The Morgan fingerprint density at radius 1 is 1.07 bits per heavy atom. The first kappa shape index (κ1) is 19.0. The molecule has 0 amide bonds. The highest BCUT2D eigenvalue weighted by molar-refractivity contribution is 7.89. The van der Waals surface area contributed by atoms with E-state index < -0.39 is 21.7 Å². The van der Waals surface area contributed by atoms with Gasteiger partial charge in [-0.1, -0.05) is 30.6 Å². The van der Waals surface area contributed by atoms with E-state index in [0.717, 1.165) is 49.5 Å². The van der Waals surface area contributed by atoms with Crippen molar-refractivity contribution >= 4 is 31.6 Å². The zero-order valence-electron chi connectivity index (χ0n) is 14.9. The highest BCUT2D eigenvalue weighted by atomic mass is 32.2. The van der Waals surface area contributed by atoms with Crippen molar-refractivity contribution in [1.29, 1.82) is 0 Å². The molecule has 1 saturated carbocycles. The van der Waals surface area contributed by atoms with E-state index in [1.165, 1.54) is 6.07 Å². The Hall–Kier alpha value is -1.32. The van der Waals surface area contributed by atoms with Gasteiger partial charge in [0.2, 0.25) is 10.0 Å². The Morgan fingerprint density at radius 3 is 2.48 bits per heavy atom. The first-order valence-electron chi connectivity index (χ1n) is 9.35. The molecular weight excluding hydrogens is 394 g/mol. The lowest BCUT2D eigenvalue weighted by atomic mass is 10.0.